The molecule has 0 aliphatic rings. The molecule has 0 amide bonds. The van der Waals surface area contributed by atoms with Crippen molar-refractivity contribution in [3.05, 3.63) is 29.8 Å². The van der Waals surface area contributed by atoms with Crippen molar-refractivity contribution < 1.29 is 26.3 Å². The average molecular weight is 270 g/mol. The summed E-state index contributed by atoms with van der Waals surface area (Å²) in [6.07, 6.45) is -4.75. The van der Waals surface area contributed by atoms with Crippen LogP contribution in [0.3, 0.4) is 0 Å². The maximum Gasteiger partial charge on any atom is 0.573 e. The van der Waals surface area contributed by atoms with Gasteiger partial charge in [-0.2, -0.15) is 13.1 Å². The number of hydrogen-bond acceptors (Lipinski definition) is 3. The van der Waals surface area contributed by atoms with E-state index in [-0.39, 0.29) is 12.3 Å². The highest BCUT2D eigenvalue weighted by atomic mass is 32.2. The standard InChI is InChI=1S/C8H9F3N2O3S/c9-8(10,11)16-7-3-1-6(2-4-7)5-13-17(12,14)15/h1-4,13H,5H2,(H2,12,14,15). The SMILES string of the molecule is NS(=O)(=O)NCc1ccc(OC(F)(F)F)cc1. The second-order valence-electron chi connectivity index (χ2n) is 3.06. The third kappa shape index (κ3) is 6.09. The second kappa shape index (κ2) is 4.90. The van der Waals surface area contributed by atoms with Crippen molar-refractivity contribution in [2.45, 2.75) is 12.9 Å². The van der Waals surface area contributed by atoms with Crippen LogP contribution in [0.4, 0.5) is 13.2 Å². The summed E-state index contributed by atoms with van der Waals surface area (Å²) in [6.45, 7) is -0.106. The quantitative estimate of drug-likeness (QED) is 0.852. The molecular formula is C8H9F3N2O3S. The van der Waals surface area contributed by atoms with Gasteiger partial charge >= 0.3 is 6.36 Å². The van der Waals surface area contributed by atoms with E-state index in [1.165, 1.54) is 12.1 Å². The number of ether oxygens (including phenoxy) is 1. The minimum atomic E-state index is -4.75. The smallest absolute Gasteiger partial charge is 0.406 e. The Balaban J connectivity index is 2.62. The molecule has 17 heavy (non-hydrogen) atoms. The molecule has 0 radical (unpaired) electrons. The van der Waals surface area contributed by atoms with Crippen LogP contribution in [0.2, 0.25) is 0 Å². The third-order valence-electron chi connectivity index (χ3n) is 1.63. The largest absolute Gasteiger partial charge is 0.573 e. The molecule has 3 N–H and O–H groups in total. The number of hydrogen-bond donors (Lipinski definition) is 2. The number of nitrogens with one attached hydrogen (secondary N) is 1. The molecule has 5 nitrogen and oxygen atoms in total. The number of benzene rings is 1. The summed E-state index contributed by atoms with van der Waals surface area (Å²) in [4.78, 5) is 0. The summed E-state index contributed by atoms with van der Waals surface area (Å²) in [7, 11) is -3.82. The van der Waals surface area contributed by atoms with Gasteiger partial charge < -0.3 is 4.74 Å². The molecule has 0 aromatic heterocycles. The summed E-state index contributed by atoms with van der Waals surface area (Å²) < 4.78 is 62.2. The van der Waals surface area contributed by atoms with Crippen LogP contribution >= 0.6 is 0 Å². The fraction of sp³-hybridized carbons (Fsp3) is 0.250. The topological polar surface area (TPSA) is 81.4 Å². The van der Waals surface area contributed by atoms with Gasteiger partial charge in [0, 0.05) is 6.54 Å². The van der Waals surface area contributed by atoms with Gasteiger partial charge in [-0.15, -0.1) is 13.2 Å². The summed E-state index contributed by atoms with van der Waals surface area (Å²) in [5.41, 5.74) is 0.452. The Kier molecular flexibility index (Phi) is 3.96. The normalized spacial score (nSPS) is 12.5. The maximum atomic E-state index is 11.8. The fourth-order valence-corrected chi connectivity index (χ4v) is 1.36. The van der Waals surface area contributed by atoms with Crippen molar-refractivity contribution in [2.24, 2.45) is 5.14 Å². The van der Waals surface area contributed by atoms with Gasteiger partial charge in [-0.1, -0.05) is 12.1 Å². The number of rotatable bonds is 4. The molecule has 96 valence electrons. The molecule has 0 atom stereocenters. The molecule has 9 heteroatoms. The number of halogens is 3. The highest BCUT2D eigenvalue weighted by Gasteiger charge is 2.30. The highest BCUT2D eigenvalue weighted by Crippen LogP contribution is 2.22. The zero-order valence-corrected chi connectivity index (χ0v) is 9.18. The number of nitrogens with two attached hydrogens (primary N) is 1. The lowest BCUT2D eigenvalue weighted by molar-refractivity contribution is -0.274. The first-order valence-electron chi connectivity index (χ1n) is 4.28. The summed E-state index contributed by atoms with van der Waals surface area (Å²) in [5.74, 6) is -0.378. The lowest BCUT2D eigenvalue weighted by atomic mass is 10.2. The van der Waals surface area contributed by atoms with Crippen molar-refractivity contribution in [3.63, 3.8) is 0 Å². The number of alkyl halides is 3. The van der Waals surface area contributed by atoms with Gasteiger partial charge in [0.05, 0.1) is 0 Å². The first-order chi connectivity index (χ1) is 7.66. The Hall–Kier alpha value is -1.32. The Labute approximate surface area is 95.6 Å². The van der Waals surface area contributed by atoms with Crippen LogP contribution in [0.1, 0.15) is 5.56 Å². The highest BCUT2D eigenvalue weighted by molar-refractivity contribution is 7.87. The zero-order valence-electron chi connectivity index (χ0n) is 8.36. The first-order valence-corrected chi connectivity index (χ1v) is 5.82. The van der Waals surface area contributed by atoms with Gasteiger partial charge in [0.25, 0.3) is 10.2 Å². The molecule has 0 saturated carbocycles. The molecule has 1 aromatic carbocycles. The predicted octanol–water partition coefficient (Wildman–Crippen LogP) is 0.878. The third-order valence-corrected chi connectivity index (χ3v) is 2.18. The summed E-state index contributed by atoms with van der Waals surface area (Å²) >= 11 is 0. The van der Waals surface area contributed by atoms with Crippen molar-refractivity contribution in [1.82, 2.24) is 4.72 Å². The fourth-order valence-electron chi connectivity index (χ4n) is 0.993. The van der Waals surface area contributed by atoms with Crippen molar-refractivity contribution in [2.75, 3.05) is 0 Å². The van der Waals surface area contributed by atoms with Crippen LogP contribution in [0.5, 0.6) is 5.75 Å². The molecule has 0 fully saturated rings. The maximum absolute atomic E-state index is 11.8. The van der Waals surface area contributed by atoms with Gasteiger partial charge in [-0.25, -0.2) is 5.14 Å². The van der Waals surface area contributed by atoms with Crippen molar-refractivity contribution in [3.8, 4) is 5.75 Å². The van der Waals surface area contributed by atoms with Crippen LogP contribution in [-0.2, 0) is 16.8 Å². The van der Waals surface area contributed by atoms with Crippen molar-refractivity contribution in [1.29, 1.82) is 0 Å². The van der Waals surface area contributed by atoms with Gasteiger partial charge in [-0.3, -0.25) is 0 Å². The van der Waals surface area contributed by atoms with E-state index in [1.807, 2.05) is 4.72 Å². The Morgan fingerprint density at radius 1 is 1.24 bits per heavy atom. The zero-order chi connectivity index (χ0) is 13.1. The van der Waals surface area contributed by atoms with E-state index in [1.54, 1.807) is 0 Å². The summed E-state index contributed by atoms with van der Waals surface area (Å²) in [5, 5.41) is 4.68. The van der Waals surface area contributed by atoms with E-state index < -0.39 is 16.6 Å². The van der Waals surface area contributed by atoms with Crippen LogP contribution in [-0.4, -0.2) is 14.8 Å². The van der Waals surface area contributed by atoms with Crippen LogP contribution in [0.15, 0.2) is 24.3 Å². The monoisotopic (exact) mass is 270 g/mol. The van der Waals surface area contributed by atoms with Crippen molar-refractivity contribution >= 4 is 10.2 Å². The van der Waals surface area contributed by atoms with Gasteiger partial charge in [0.15, 0.2) is 0 Å². The van der Waals surface area contributed by atoms with E-state index in [9.17, 15) is 21.6 Å². The molecule has 1 aromatic rings. The summed E-state index contributed by atoms with van der Waals surface area (Å²) in [6, 6.07) is 4.74. The molecule has 0 spiro atoms. The Morgan fingerprint density at radius 2 is 1.76 bits per heavy atom. The molecular weight excluding hydrogens is 261 g/mol. The predicted molar refractivity (Wildman–Crippen MR) is 53.1 cm³/mol. The first kappa shape index (κ1) is 13.7. The lowest BCUT2D eigenvalue weighted by Gasteiger charge is -2.09. The second-order valence-corrected chi connectivity index (χ2v) is 4.44. The van der Waals surface area contributed by atoms with Crippen LogP contribution < -0.4 is 14.6 Å². The van der Waals surface area contributed by atoms with E-state index in [2.05, 4.69) is 9.88 Å². The molecule has 0 saturated heterocycles. The molecule has 1 rings (SSSR count). The van der Waals surface area contributed by atoms with E-state index in [0.29, 0.717) is 5.56 Å². The molecule has 0 heterocycles. The lowest BCUT2D eigenvalue weighted by Crippen LogP contribution is -2.30. The molecule has 0 unspecified atom stereocenters. The van der Waals surface area contributed by atoms with Gasteiger partial charge in [0.2, 0.25) is 0 Å². The van der Waals surface area contributed by atoms with Gasteiger partial charge in [0.1, 0.15) is 5.75 Å². The van der Waals surface area contributed by atoms with Crippen LogP contribution in [0.25, 0.3) is 0 Å². The van der Waals surface area contributed by atoms with Gasteiger partial charge in [-0.05, 0) is 17.7 Å². The van der Waals surface area contributed by atoms with E-state index in [0.717, 1.165) is 12.1 Å². The Bertz CT molecular complexity index is 470. The Morgan fingerprint density at radius 3 is 2.18 bits per heavy atom. The molecule has 0 aliphatic heterocycles. The van der Waals surface area contributed by atoms with E-state index >= 15 is 0 Å². The average Bonchev–Trinajstić information content (AvgIpc) is 2.13. The minimum Gasteiger partial charge on any atom is -0.406 e. The molecule has 0 bridgehead atoms. The molecule has 0 aliphatic carbocycles. The van der Waals surface area contributed by atoms with E-state index in [4.69, 9.17) is 0 Å². The minimum absolute atomic E-state index is 0.106. The van der Waals surface area contributed by atoms with Crippen LogP contribution in [0, 0.1) is 0 Å².